The van der Waals surface area contributed by atoms with E-state index in [0.29, 0.717) is 12.8 Å². The molecular formula is C18H17NO3. The first kappa shape index (κ1) is 15.6. The van der Waals surface area contributed by atoms with Gasteiger partial charge >= 0.3 is 6.16 Å². The van der Waals surface area contributed by atoms with E-state index >= 15 is 0 Å². The Balaban J connectivity index is 1.75. The average Bonchev–Trinajstić information content (AvgIpc) is 2.58. The highest BCUT2D eigenvalue weighted by atomic mass is 16.7. The Bertz CT molecular complexity index is 620. The van der Waals surface area contributed by atoms with E-state index < -0.39 is 12.3 Å². The summed E-state index contributed by atoms with van der Waals surface area (Å²) >= 11 is 0. The lowest BCUT2D eigenvalue weighted by molar-refractivity contribution is 0.0323. The third kappa shape index (κ3) is 5.29. The largest absolute Gasteiger partial charge is 0.509 e. The van der Waals surface area contributed by atoms with Crippen LogP contribution in [0.5, 0.6) is 0 Å². The molecule has 2 aromatic carbocycles. The summed E-state index contributed by atoms with van der Waals surface area (Å²) in [6, 6.07) is 21.0. The fourth-order valence-corrected chi connectivity index (χ4v) is 1.96. The van der Waals surface area contributed by atoms with Gasteiger partial charge in [-0.3, -0.25) is 0 Å². The minimum absolute atomic E-state index is 0.135. The molecule has 0 aliphatic carbocycles. The number of hydrogen-bond donors (Lipinski definition) is 0. The number of hydrogen-bond acceptors (Lipinski definition) is 4. The summed E-state index contributed by atoms with van der Waals surface area (Å²) in [5.74, 6) is 0. The topological polar surface area (TPSA) is 59.3 Å². The van der Waals surface area contributed by atoms with Gasteiger partial charge in [0.1, 0.15) is 12.7 Å². The summed E-state index contributed by atoms with van der Waals surface area (Å²) in [6.07, 6.45) is -0.502. The van der Waals surface area contributed by atoms with Crippen molar-refractivity contribution in [2.45, 2.75) is 25.6 Å². The summed E-state index contributed by atoms with van der Waals surface area (Å²) in [7, 11) is 0. The Kier molecular flexibility index (Phi) is 6.01. The molecule has 0 amide bonds. The highest BCUT2D eigenvalue weighted by Gasteiger charge is 2.15. The molecule has 1 unspecified atom stereocenters. The van der Waals surface area contributed by atoms with Gasteiger partial charge in [-0.25, -0.2) is 4.79 Å². The monoisotopic (exact) mass is 295 g/mol. The van der Waals surface area contributed by atoms with Gasteiger partial charge in [0.2, 0.25) is 0 Å². The zero-order valence-electron chi connectivity index (χ0n) is 12.1. The number of carbonyl (C=O) groups is 1. The molecule has 112 valence electrons. The fraction of sp³-hybridized carbons (Fsp3) is 0.222. The summed E-state index contributed by atoms with van der Waals surface area (Å²) in [5.41, 5.74) is 1.97. The molecule has 0 bridgehead atoms. The van der Waals surface area contributed by atoms with Crippen LogP contribution in [0, 0.1) is 11.3 Å². The molecule has 22 heavy (non-hydrogen) atoms. The minimum atomic E-state index is -0.816. The van der Waals surface area contributed by atoms with Gasteiger partial charge < -0.3 is 9.47 Å². The van der Waals surface area contributed by atoms with Crippen molar-refractivity contribution in [3.8, 4) is 6.07 Å². The van der Waals surface area contributed by atoms with E-state index in [-0.39, 0.29) is 6.61 Å². The lowest BCUT2D eigenvalue weighted by Gasteiger charge is -2.11. The third-order valence-electron chi connectivity index (χ3n) is 3.12. The van der Waals surface area contributed by atoms with Crippen molar-refractivity contribution in [1.82, 2.24) is 0 Å². The highest BCUT2D eigenvalue weighted by molar-refractivity contribution is 5.60. The lowest BCUT2D eigenvalue weighted by atomic mass is 10.1. The van der Waals surface area contributed by atoms with E-state index in [9.17, 15) is 4.79 Å². The second-order valence-corrected chi connectivity index (χ2v) is 4.78. The maximum absolute atomic E-state index is 11.6. The number of nitrogens with zero attached hydrogens (tertiary/aromatic N) is 1. The molecule has 0 N–H and O–H groups in total. The fourth-order valence-electron chi connectivity index (χ4n) is 1.96. The van der Waals surface area contributed by atoms with E-state index in [0.717, 1.165) is 11.1 Å². The van der Waals surface area contributed by atoms with Crippen molar-refractivity contribution in [3.05, 3.63) is 71.8 Å². The Morgan fingerprint density at radius 3 is 2.18 bits per heavy atom. The number of nitriles is 1. The van der Waals surface area contributed by atoms with Gasteiger partial charge in [-0.15, -0.1) is 0 Å². The van der Waals surface area contributed by atoms with E-state index in [1.165, 1.54) is 0 Å². The first-order chi connectivity index (χ1) is 10.8. The summed E-state index contributed by atoms with van der Waals surface area (Å²) < 4.78 is 10.0. The molecule has 2 aromatic rings. The van der Waals surface area contributed by atoms with Crippen molar-refractivity contribution < 1.29 is 14.3 Å². The number of benzene rings is 2. The number of aryl methyl sites for hydroxylation is 1. The summed E-state index contributed by atoms with van der Waals surface area (Å²) in [5, 5.41) is 9.06. The van der Waals surface area contributed by atoms with E-state index in [4.69, 9.17) is 14.7 Å². The SMILES string of the molecule is N#CC(CCc1ccccc1)OC(=O)OCc1ccccc1. The van der Waals surface area contributed by atoms with Crippen molar-refractivity contribution in [1.29, 1.82) is 5.26 Å². The predicted molar refractivity (Wildman–Crippen MR) is 81.9 cm³/mol. The van der Waals surface area contributed by atoms with Crippen LogP contribution in [0.4, 0.5) is 4.79 Å². The first-order valence-electron chi connectivity index (χ1n) is 7.09. The second-order valence-electron chi connectivity index (χ2n) is 4.78. The van der Waals surface area contributed by atoms with E-state index in [2.05, 4.69) is 0 Å². The lowest BCUT2D eigenvalue weighted by Crippen LogP contribution is -2.18. The second kappa shape index (κ2) is 8.48. The van der Waals surface area contributed by atoms with Gasteiger partial charge in [0, 0.05) is 6.42 Å². The highest BCUT2D eigenvalue weighted by Crippen LogP contribution is 2.09. The third-order valence-corrected chi connectivity index (χ3v) is 3.12. The van der Waals surface area contributed by atoms with Crippen LogP contribution in [0.15, 0.2) is 60.7 Å². The molecule has 2 rings (SSSR count). The molecule has 0 fully saturated rings. The Morgan fingerprint density at radius 2 is 1.59 bits per heavy atom. The van der Waals surface area contributed by atoms with Gasteiger partial charge in [0.15, 0.2) is 6.10 Å². The molecule has 0 aromatic heterocycles. The zero-order chi connectivity index (χ0) is 15.6. The Labute approximate surface area is 129 Å². The van der Waals surface area contributed by atoms with Gasteiger partial charge in [0.05, 0.1) is 0 Å². The number of ether oxygens (including phenoxy) is 2. The molecule has 0 spiro atoms. The van der Waals surface area contributed by atoms with Crippen LogP contribution >= 0.6 is 0 Å². The van der Waals surface area contributed by atoms with Crippen LogP contribution in [0.2, 0.25) is 0 Å². The van der Waals surface area contributed by atoms with Crippen LogP contribution in [-0.2, 0) is 22.5 Å². The maximum atomic E-state index is 11.6. The first-order valence-corrected chi connectivity index (χ1v) is 7.09. The molecule has 0 radical (unpaired) electrons. The normalized spacial score (nSPS) is 11.2. The summed E-state index contributed by atoms with van der Waals surface area (Å²) in [6.45, 7) is 0.135. The van der Waals surface area contributed by atoms with Gasteiger partial charge in [-0.05, 0) is 17.5 Å². The summed E-state index contributed by atoms with van der Waals surface area (Å²) in [4.78, 5) is 11.6. The van der Waals surface area contributed by atoms with E-state index in [1.807, 2.05) is 66.7 Å². The van der Waals surface area contributed by atoms with Crippen molar-refractivity contribution >= 4 is 6.16 Å². The van der Waals surface area contributed by atoms with Crippen LogP contribution in [0.3, 0.4) is 0 Å². The zero-order valence-corrected chi connectivity index (χ0v) is 12.1. The molecule has 0 aliphatic heterocycles. The molecule has 0 aliphatic rings. The molecule has 0 saturated carbocycles. The standard InChI is InChI=1S/C18H17NO3/c19-13-17(12-11-15-7-3-1-4-8-15)22-18(20)21-14-16-9-5-2-6-10-16/h1-10,17H,11-12,14H2. The van der Waals surface area contributed by atoms with Gasteiger partial charge in [-0.1, -0.05) is 60.7 Å². The van der Waals surface area contributed by atoms with Crippen LogP contribution in [0.25, 0.3) is 0 Å². The van der Waals surface area contributed by atoms with E-state index in [1.54, 1.807) is 0 Å². The average molecular weight is 295 g/mol. The number of rotatable bonds is 6. The minimum Gasteiger partial charge on any atom is -0.429 e. The smallest absolute Gasteiger partial charge is 0.429 e. The Hall–Kier alpha value is -2.80. The van der Waals surface area contributed by atoms with Gasteiger partial charge in [-0.2, -0.15) is 5.26 Å². The van der Waals surface area contributed by atoms with Gasteiger partial charge in [0.25, 0.3) is 0 Å². The molecule has 0 saturated heterocycles. The maximum Gasteiger partial charge on any atom is 0.509 e. The molecule has 1 atom stereocenters. The quantitative estimate of drug-likeness (QED) is 0.759. The molecule has 4 heteroatoms. The molecular weight excluding hydrogens is 278 g/mol. The van der Waals surface area contributed by atoms with Crippen molar-refractivity contribution in [2.24, 2.45) is 0 Å². The van der Waals surface area contributed by atoms with Crippen molar-refractivity contribution in [2.75, 3.05) is 0 Å². The van der Waals surface area contributed by atoms with Crippen LogP contribution < -0.4 is 0 Å². The van der Waals surface area contributed by atoms with Crippen LogP contribution in [0.1, 0.15) is 17.5 Å². The molecule has 0 heterocycles. The predicted octanol–water partition coefficient (Wildman–Crippen LogP) is 3.86. The number of carbonyl (C=O) groups excluding carboxylic acids is 1. The Morgan fingerprint density at radius 1 is 1.00 bits per heavy atom. The van der Waals surface area contributed by atoms with Crippen LogP contribution in [-0.4, -0.2) is 12.3 Å². The molecule has 4 nitrogen and oxygen atoms in total. The van der Waals surface area contributed by atoms with Crippen molar-refractivity contribution in [3.63, 3.8) is 0 Å².